The van der Waals surface area contributed by atoms with Crippen molar-refractivity contribution in [3.63, 3.8) is 0 Å². The van der Waals surface area contributed by atoms with Crippen LogP contribution in [0.1, 0.15) is 40.0 Å². The van der Waals surface area contributed by atoms with E-state index in [0.717, 1.165) is 12.5 Å². The first-order valence-corrected chi connectivity index (χ1v) is 4.42. The summed E-state index contributed by atoms with van der Waals surface area (Å²) in [6.45, 7) is 7.61. The van der Waals surface area contributed by atoms with Crippen molar-refractivity contribution >= 4 is 0 Å². The lowest BCUT2D eigenvalue weighted by molar-refractivity contribution is 0.362. The molecule has 1 nitrogen and oxygen atoms in total. The molecule has 0 fully saturated rings. The van der Waals surface area contributed by atoms with Crippen molar-refractivity contribution in [3.05, 3.63) is 0 Å². The van der Waals surface area contributed by atoms with Crippen LogP contribution < -0.4 is 5.73 Å². The van der Waals surface area contributed by atoms with Gasteiger partial charge in [-0.2, -0.15) is 0 Å². The van der Waals surface area contributed by atoms with E-state index in [9.17, 15) is 0 Å². The van der Waals surface area contributed by atoms with E-state index in [1.165, 1.54) is 19.3 Å². The summed E-state index contributed by atoms with van der Waals surface area (Å²) in [5.74, 6) is 1.51. The van der Waals surface area contributed by atoms with Crippen LogP contribution in [0.5, 0.6) is 0 Å². The molecule has 2 atom stereocenters. The van der Waals surface area contributed by atoms with Crippen LogP contribution in [0, 0.1) is 11.8 Å². The molecular formula is C9H21N. The van der Waals surface area contributed by atoms with Crippen molar-refractivity contribution in [1.82, 2.24) is 0 Å². The molecule has 0 amide bonds. The Morgan fingerprint density at radius 2 is 1.80 bits per heavy atom. The zero-order valence-corrected chi connectivity index (χ0v) is 7.56. The van der Waals surface area contributed by atoms with Gasteiger partial charge in [-0.05, 0) is 18.4 Å². The maximum atomic E-state index is 5.54. The molecule has 0 aromatic heterocycles. The Hall–Kier alpha value is -0.0400. The van der Waals surface area contributed by atoms with Gasteiger partial charge in [0.25, 0.3) is 0 Å². The lowest BCUT2D eigenvalue weighted by Crippen LogP contribution is -2.18. The fourth-order valence-corrected chi connectivity index (χ4v) is 1.04. The molecule has 0 heterocycles. The lowest BCUT2D eigenvalue weighted by atomic mass is 9.91. The average Bonchev–Trinajstić information content (AvgIpc) is 1.98. The highest BCUT2D eigenvalue weighted by atomic mass is 14.5. The van der Waals surface area contributed by atoms with E-state index in [1.54, 1.807) is 0 Å². The SMILES string of the molecule is CCCCC(C)[C@H](C)CN. The Morgan fingerprint density at radius 1 is 1.20 bits per heavy atom. The van der Waals surface area contributed by atoms with Gasteiger partial charge >= 0.3 is 0 Å². The smallest absolute Gasteiger partial charge is 0.00490 e. The molecule has 0 aliphatic rings. The maximum absolute atomic E-state index is 5.54. The first kappa shape index (κ1) is 9.96. The van der Waals surface area contributed by atoms with Gasteiger partial charge in [-0.1, -0.05) is 40.0 Å². The van der Waals surface area contributed by atoms with E-state index < -0.39 is 0 Å². The molecule has 0 radical (unpaired) electrons. The quantitative estimate of drug-likeness (QED) is 0.628. The van der Waals surface area contributed by atoms with Crippen molar-refractivity contribution in [1.29, 1.82) is 0 Å². The minimum absolute atomic E-state index is 0.701. The van der Waals surface area contributed by atoms with Gasteiger partial charge in [0.15, 0.2) is 0 Å². The highest BCUT2D eigenvalue weighted by molar-refractivity contribution is 4.61. The molecule has 0 aliphatic carbocycles. The standard InChI is InChI=1S/C9H21N/c1-4-5-6-8(2)9(3)7-10/h8-9H,4-7,10H2,1-3H3/t8?,9-/m1/s1. The molecule has 0 bridgehead atoms. The summed E-state index contributed by atoms with van der Waals surface area (Å²) in [6, 6.07) is 0. The molecule has 2 N–H and O–H groups in total. The largest absolute Gasteiger partial charge is 0.330 e. The second-order valence-electron chi connectivity index (χ2n) is 3.33. The molecule has 0 aromatic carbocycles. The highest BCUT2D eigenvalue weighted by Crippen LogP contribution is 2.16. The number of unbranched alkanes of at least 4 members (excludes halogenated alkanes) is 1. The molecule has 0 saturated heterocycles. The van der Waals surface area contributed by atoms with Gasteiger partial charge < -0.3 is 5.73 Å². The first-order chi connectivity index (χ1) is 4.72. The Kier molecular flexibility index (Phi) is 5.70. The van der Waals surface area contributed by atoms with E-state index in [1.807, 2.05) is 0 Å². The van der Waals surface area contributed by atoms with Crippen molar-refractivity contribution < 1.29 is 0 Å². The van der Waals surface area contributed by atoms with Crippen LogP contribution in [0.3, 0.4) is 0 Å². The molecular weight excluding hydrogens is 122 g/mol. The molecule has 0 aliphatic heterocycles. The van der Waals surface area contributed by atoms with Gasteiger partial charge in [-0.15, -0.1) is 0 Å². The molecule has 62 valence electrons. The van der Waals surface area contributed by atoms with Crippen LogP contribution in [0.25, 0.3) is 0 Å². The van der Waals surface area contributed by atoms with E-state index in [0.29, 0.717) is 5.92 Å². The van der Waals surface area contributed by atoms with Crippen molar-refractivity contribution in [2.75, 3.05) is 6.54 Å². The molecule has 1 heteroatoms. The normalized spacial score (nSPS) is 16.8. The first-order valence-electron chi connectivity index (χ1n) is 4.42. The summed E-state index contributed by atoms with van der Waals surface area (Å²) in [5, 5.41) is 0. The third-order valence-corrected chi connectivity index (χ3v) is 2.36. The van der Waals surface area contributed by atoms with Crippen molar-refractivity contribution in [2.24, 2.45) is 17.6 Å². The Morgan fingerprint density at radius 3 is 2.20 bits per heavy atom. The molecule has 0 spiro atoms. The summed E-state index contributed by atoms with van der Waals surface area (Å²) in [7, 11) is 0. The van der Waals surface area contributed by atoms with Gasteiger partial charge in [-0.25, -0.2) is 0 Å². The van der Waals surface area contributed by atoms with Crippen molar-refractivity contribution in [2.45, 2.75) is 40.0 Å². The van der Waals surface area contributed by atoms with Crippen LogP contribution in [-0.4, -0.2) is 6.54 Å². The average molecular weight is 143 g/mol. The Labute approximate surface area is 65.0 Å². The minimum Gasteiger partial charge on any atom is -0.330 e. The van der Waals surface area contributed by atoms with Gasteiger partial charge in [0, 0.05) is 0 Å². The topological polar surface area (TPSA) is 26.0 Å². The summed E-state index contributed by atoms with van der Waals surface area (Å²) in [5.41, 5.74) is 5.54. The van der Waals surface area contributed by atoms with Gasteiger partial charge in [0.2, 0.25) is 0 Å². The summed E-state index contributed by atoms with van der Waals surface area (Å²) < 4.78 is 0. The van der Waals surface area contributed by atoms with Crippen LogP contribution in [0.4, 0.5) is 0 Å². The summed E-state index contributed by atoms with van der Waals surface area (Å²) in [6.07, 6.45) is 4.00. The molecule has 0 rings (SSSR count). The predicted molar refractivity (Wildman–Crippen MR) is 46.9 cm³/mol. The maximum Gasteiger partial charge on any atom is -0.00490 e. The second kappa shape index (κ2) is 5.72. The molecule has 10 heavy (non-hydrogen) atoms. The highest BCUT2D eigenvalue weighted by Gasteiger charge is 2.08. The fourth-order valence-electron chi connectivity index (χ4n) is 1.04. The van der Waals surface area contributed by atoms with Gasteiger partial charge in [-0.3, -0.25) is 0 Å². The number of hydrogen-bond donors (Lipinski definition) is 1. The second-order valence-corrected chi connectivity index (χ2v) is 3.33. The molecule has 0 saturated carbocycles. The van der Waals surface area contributed by atoms with Gasteiger partial charge in [0.05, 0.1) is 0 Å². The van der Waals surface area contributed by atoms with Crippen LogP contribution in [-0.2, 0) is 0 Å². The molecule has 1 unspecified atom stereocenters. The van der Waals surface area contributed by atoms with E-state index in [2.05, 4.69) is 20.8 Å². The summed E-state index contributed by atoms with van der Waals surface area (Å²) >= 11 is 0. The fraction of sp³-hybridized carbons (Fsp3) is 1.00. The number of nitrogens with two attached hydrogens (primary N) is 1. The van der Waals surface area contributed by atoms with E-state index in [-0.39, 0.29) is 0 Å². The van der Waals surface area contributed by atoms with Crippen LogP contribution in [0.15, 0.2) is 0 Å². The molecule has 0 aromatic rings. The third-order valence-electron chi connectivity index (χ3n) is 2.36. The van der Waals surface area contributed by atoms with E-state index >= 15 is 0 Å². The lowest BCUT2D eigenvalue weighted by Gasteiger charge is -2.16. The van der Waals surface area contributed by atoms with E-state index in [4.69, 9.17) is 5.73 Å². The van der Waals surface area contributed by atoms with Crippen molar-refractivity contribution in [3.8, 4) is 0 Å². The number of rotatable bonds is 5. The van der Waals surface area contributed by atoms with Crippen LogP contribution >= 0.6 is 0 Å². The predicted octanol–water partition coefficient (Wildman–Crippen LogP) is 2.41. The zero-order chi connectivity index (χ0) is 7.98. The van der Waals surface area contributed by atoms with Crippen LogP contribution in [0.2, 0.25) is 0 Å². The minimum atomic E-state index is 0.701. The van der Waals surface area contributed by atoms with Gasteiger partial charge in [0.1, 0.15) is 0 Å². The number of hydrogen-bond acceptors (Lipinski definition) is 1. The Bertz CT molecular complexity index is 71.1. The summed E-state index contributed by atoms with van der Waals surface area (Å²) in [4.78, 5) is 0. The monoisotopic (exact) mass is 143 g/mol. The third kappa shape index (κ3) is 3.89. The zero-order valence-electron chi connectivity index (χ0n) is 7.56. The Balaban J connectivity index is 3.31.